The summed E-state index contributed by atoms with van der Waals surface area (Å²) >= 11 is 0. The second-order valence-electron chi connectivity index (χ2n) is 10.4. The van der Waals surface area contributed by atoms with Gasteiger partial charge in [-0.2, -0.15) is 0 Å². The molecule has 1 unspecified atom stereocenters. The molecule has 2 aliphatic carbocycles. The third kappa shape index (κ3) is 6.21. The van der Waals surface area contributed by atoms with E-state index in [0.717, 1.165) is 69.8 Å². The molecular weight excluding hydrogens is 453 g/mol. The average Bonchev–Trinajstić information content (AvgIpc) is 2.87. The second-order valence-corrected chi connectivity index (χ2v) is 10.4. The Hall–Kier alpha value is -2.05. The van der Waals surface area contributed by atoms with Crippen LogP contribution in [0.3, 0.4) is 0 Å². The molecule has 0 spiro atoms. The number of aliphatic hydroxyl groups excluding tert-OH is 1. The summed E-state index contributed by atoms with van der Waals surface area (Å²) in [5, 5.41) is 19.6. The van der Waals surface area contributed by atoms with E-state index in [2.05, 4.69) is 6.92 Å². The predicted molar refractivity (Wildman–Crippen MR) is 130 cm³/mol. The van der Waals surface area contributed by atoms with Gasteiger partial charge in [-0.25, -0.2) is 13.2 Å². The summed E-state index contributed by atoms with van der Waals surface area (Å²) in [5.41, 5.74) is 1.55. The van der Waals surface area contributed by atoms with E-state index in [0.29, 0.717) is 5.56 Å². The number of phenolic OH excluding ortho intramolecular Hbond substituents is 1. The van der Waals surface area contributed by atoms with Crippen LogP contribution in [0.15, 0.2) is 30.3 Å². The summed E-state index contributed by atoms with van der Waals surface area (Å²) in [6, 6.07) is 7.89. The first-order valence-corrected chi connectivity index (χ1v) is 13.1. The molecule has 0 bridgehead atoms. The van der Waals surface area contributed by atoms with Gasteiger partial charge >= 0.3 is 0 Å². The molecule has 3 nitrogen and oxygen atoms in total. The predicted octanol–water partition coefficient (Wildman–Crippen LogP) is 7.49. The molecule has 4 rings (SSSR count). The number of halogens is 3. The fourth-order valence-electron chi connectivity index (χ4n) is 5.93. The Morgan fingerprint density at radius 2 is 1.57 bits per heavy atom. The van der Waals surface area contributed by atoms with Gasteiger partial charge in [0.05, 0.1) is 18.8 Å². The van der Waals surface area contributed by atoms with Crippen molar-refractivity contribution in [1.82, 2.24) is 0 Å². The van der Waals surface area contributed by atoms with Crippen molar-refractivity contribution in [2.75, 3.05) is 0 Å². The van der Waals surface area contributed by atoms with Crippen LogP contribution in [0.25, 0.3) is 0 Å². The Balaban J connectivity index is 1.28. The Bertz CT molecular complexity index is 979. The van der Waals surface area contributed by atoms with Gasteiger partial charge < -0.3 is 14.9 Å². The number of phenols is 1. The van der Waals surface area contributed by atoms with E-state index >= 15 is 0 Å². The molecule has 0 radical (unpaired) electrons. The zero-order valence-corrected chi connectivity index (χ0v) is 20.5. The first-order chi connectivity index (χ1) is 16.9. The zero-order valence-electron chi connectivity index (χ0n) is 20.5. The number of aliphatic hydroxyl groups is 1. The van der Waals surface area contributed by atoms with E-state index in [9.17, 15) is 23.4 Å². The number of hydrogen-bond acceptors (Lipinski definition) is 3. The topological polar surface area (TPSA) is 49.7 Å². The fourth-order valence-corrected chi connectivity index (χ4v) is 5.93. The zero-order chi connectivity index (χ0) is 24.9. The van der Waals surface area contributed by atoms with E-state index < -0.39 is 17.5 Å². The summed E-state index contributed by atoms with van der Waals surface area (Å²) in [7, 11) is 0. The number of aromatic hydroxyl groups is 1. The minimum absolute atomic E-state index is 0.00967. The van der Waals surface area contributed by atoms with Gasteiger partial charge in [0.15, 0.2) is 23.2 Å². The van der Waals surface area contributed by atoms with Gasteiger partial charge in [0.25, 0.3) is 0 Å². The number of rotatable bonds is 8. The molecule has 2 aromatic rings. The van der Waals surface area contributed by atoms with Gasteiger partial charge in [-0.05, 0) is 98.8 Å². The fraction of sp³-hybridized carbons (Fsp3) is 0.586. The highest BCUT2D eigenvalue weighted by Gasteiger charge is 2.30. The van der Waals surface area contributed by atoms with Crippen LogP contribution < -0.4 is 0 Å². The molecule has 2 N–H and O–H groups in total. The van der Waals surface area contributed by atoms with Gasteiger partial charge in [0.1, 0.15) is 0 Å². The van der Waals surface area contributed by atoms with Crippen molar-refractivity contribution < 1.29 is 28.1 Å². The van der Waals surface area contributed by atoms with Crippen molar-refractivity contribution in [3.8, 4) is 5.75 Å². The van der Waals surface area contributed by atoms with Gasteiger partial charge in [-0.1, -0.05) is 31.5 Å². The maximum atomic E-state index is 15.0. The van der Waals surface area contributed by atoms with E-state index in [-0.39, 0.29) is 47.9 Å². The van der Waals surface area contributed by atoms with Crippen molar-refractivity contribution in [3.63, 3.8) is 0 Å². The summed E-state index contributed by atoms with van der Waals surface area (Å²) in [6.07, 6.45) is 7.81. The molecule has 0 aliphatic heterocycles. The van der Waals surface area contributed by atoms with Crippen LogP contribution in [-0.2, 0) is 11.3 Å². The molecule has 0 heterocycles. The van der Waals surface area contributed by atoms with Crippen molar-refractivity contribution in [1.29, 1.82) is 0 Å². The number of benzene rings is 2. The van der Waals surface area contributed by atoms with E-state index in [1.807, 2.05) is 0 Å². The monoisotopic (exact) mass is 490 g/mol. The lowest BCUT2D eigenvalue weighted by atomic mass is 9.76. The van der Waals surface area contributed by atoms with Crippen molar-refractivity contribution >= 4 is 0 Å². The summed E-state index contributed by atoms with van der Waals surface area (Å²) in [4.78, 5) is 0. The molecule has 2 aromatic carbocycles. The van der Waals surface area contributed by atoms with Crippen LogP contribution in [0.5, 0.6) is 5.75 Å². The second kappa shape index (κ2) is 11.8. The molecule has 192 valence electrons. The maximum absolute atomic E-state index is 15.0. The van der Waals surface area contributed by atoms with Crippen molar-refractivity contribution in [2.24, 2.45) is 5.92 Å². The highest BCUT2D eigenvalue weighted by molar-refractivity contribution is 5.31. The third-order valence-corrected chi connectivity index (χ3v) is 8.12. The number of hydrogen-bond donors (Lipinski definition) is 2. The van der Waals surface area contributed by atoms with E-state index in [4.69, 9.17) is 4.74 Å². The molecular formula is C29H37F3O3. The van der Waals surface area contributed by atoms with Crippen LogP contribution in [-0.4, -0.2) is 22.4 Å². The highest BCUT2D eigenvalue weighted by atomic mass is 19.2. The van der Waals surface area contributed by atoms with Gasteiger partial charge in [-0.15, -0.1) is 0 Å². The Morgan fingerprint density at radius 3 is 2.23 bits per heavy atom. The average molecular weight is 491 g/mol. The minimum atomic E-state index is -0.816. The molecule has 2 fully saturated rings. The first kappa shape index (κ1) is 26.0. The lowest BCUT2D eigenvalue weighted by Gasteiger charge is -2.32. The quantitative estimate of drug-likeness (QED) is 0.403. The minimum Gasteiger partial charge on any atom is -0.505 e. The first-order valence-electron chi connectivity index (χ1n) is 13.1. The third-order valence-electron chi connectivity index (χ3n) is 8.12. The molecule has 6 heteroatoms. The normalized spacial score (nSPS) is 26.0. The molecule has 1 atom stereocenters. The number of ether oxygens (including phenoxy) is 1. The molecule has 0 saturated heterocycles. The Morgan fingerprint density at radius 1 is 0.886 bits per heavy atom. The highest BCUT2D eigenvalue weighted by Crippen LogP contribution is 2.40. The van der Waals surface area contributed by atoms with Crippen LogP contribution in [0.2, 0.25) is 0 Å². The van der Waals surface area contributed by atoms with Crippen LogP contribution in [0.1, 0.15) is 99.7 Å². The van der Waals surface area contributed by atoms with Crippen LogP contribution in [0.4, 0.5) is 13.2 Å². The summed E-state index contributed by atoms with van der Waals surface area (Å²) < 4.78 is 49.4. The van der Waals surface area contributed by atoms with Crippen molar-refractivity contribution in [3.05, 3.63) is 64.5 Å². The Labute approximate surface area is 206 Å². The molecule has 2 saturated carbocycles. The van der Waals surface area contributed by atoms with Crippen molar-refractivity contribution in [2.45, 2.75) is 102 Å². The van der Waals surface area contributed by atoms with Crippen LogP contribution >= 0.6 is 0 Å². The van der Waals surface area contributed by atoms with Gasteiger partial charge in [0, 0.05) is 5.56 Å². The standard InChI is InChI=1S/C29H37F3O3/c1-2-3-26(33)20-6-4-19(5-7-20)24-14-10-22(28(31)29(24)32)17-35-23-12-8-18(9-13-23)21-11-15-27(34)25(30)16-21/h10-11,14-16,18-20,23,26,33-34H,2-9,12-13,17H2,1H3. The van der Waals surface area contributed by atoms with Crippen LogP contribution in [0, 0.1) is 23.4 Å². The molecule has 0 aromatic heterocycles. The molecule has 35 heavy (non-hydrogen) atoms. The van der Waals surface area contributed by atoms with Gasteiger partial charge in [-0.3, -0.25) is 0 Å². The molecule has 0 amide bonds. The van der Waals surface area contributed by atoms with E-state index in [1.165, 1.54) is 12.1 Å². The summed E-state index contributed by atoms with van der Waals surface area (Å²) in [6.45, 7) is 2.09. The van der Waals surface area contributed by atoms with Gasteiger partial charge in [0.2, 0.25) is 0 Å². The lowest BCUT2D eigenvalue weighted by Crippen LogP contribution is -2.25. The Kier molecular flexibility index (Phi) is 8.77. The lowest BCUT2D eigenvalue weighted by molar-refractivity contribution is 0.0118. The SMILES string of the molecule is CCCC(O)C1CCC(c2ccc(COC3CCC(c4ccc(O)c(F)c4)CC3)c(F)c2F)CC1. The smallest absolute Gasteiger partial charge is 0.165 e. The summed E-state index contributed by atoms with van der Waals surface area (Å²) in [5.74, 6) is -2.07. The largest absolute Gasteiger partial charge is 0.505 e. The molecule has 2 aliphatic rings. The van der Waals surface area contributed by atoms with E-state index in [1.54, 1.807) is 18.2 Å². The maximum Gasteiger partial charge on any atom is 0.165 e.